The number of thiophene rings is 1. The van der Waals surface area contributed by atoms with Crippen LogP contribution in [0, 0.1) is 0 Å². The minimum atomic E-state index is -1.48. The monoisotopic (exact) mass is 314 g/mol. The van der Waals surface area contributed by atoms with Gasteiger partial charge in [-0.25, -0.2) is 4.79 Å². The average molecular weight is 314 g/mol. The summed E-state index contributed by atoms with van der Waals surface area (Å²) in [6, 6.07) is 1.87. The van der Waals surface area contributed by atoms with Gasteiger partial charge < -0.3 is 20.8 Å². The number of aliphatic carboxylic acids is 2. The van der Waals surface area contributed by atoms with Crippen molar-refractivity contribution >= 4 is 35.1 Å². The van der Waals surface area contributed by atoms with Crippen LogP contribution in [-0.4, -0.2) is 46.6 Å². The molecule has 0 aliphatic carbocycles. The maximum absolute atomic E-state index is 11.6. The third-order valence-electron chi connectivity index (χ3n) is 2.39. The molecule has 1 rings (SSSR count). The van der Waals surface area contributed by atoms with Crippen molar-refractivity contribution in [3.05, 3.63) is 22.4 Å². The van der Waals surface area contributed by atoms with E-state index in [9.17, 15) is 19.2 Å². The first-order valence-electron chi connectivity index (χ1n) is 5.96. The molecule has 0 radical (unpaired) electrons. The van der Waals surface area contributed by atoms with Gasteiger partial charge in [-0.15, -0.1) is 11.3 Å². The summed E-state index contributed by atoms with van der Waals surface area (Å²) in [6.07, 6.45) is -0.844. The lowest BCUT2D eigenvalue weighted by Crippen LogP contribution is -2.43. The SMILES string of the molecule is O=C(O)CC(NC(=O)CCNC(=O)c1cccs1)C(=O)O. The molecule has 1 heterocycles. The lowest BCUT2D eigenvalue weighted by molar-refractivity contribution is -0.147. The van der Waals surface area contributed by atoms with E-state index in [1.54, 1.807) is 17.5 Å². The largest absolute Gasteiger partial charge is 0.481 e. The second-order valence-corrected chi connectivity index (χ2v) is 4.99. The Labute approximate surface area is 123 Å². The van der Waals surface area contributed by atoms with Gasteiger partial charge in [-0.2, -0.15) is 0 Å². The van der Waals surface area contributed by atoms with Crippen molar-refractivity contribution < 1.29 is 29.4 Å². The highest BCUT2D eigenvalue weighted by Crippen LogP contribution is 2.07. The molecular weight excluding hydrogens is 300 g/mol. The van der Waals surface area contributed by atoms with Crippen molar-refractivity contribution in [2.75, 3.05) is 6.54 Å². The Balaban J connectivity index is 2.34. The van der Waals surface area contributed by atoms with Crippen molar-refractivity contribution in [1.82, 2.24) is 10.6 Å². The zero-order valence-electron chi connectivity index (χ0n) is 10.9. The molecule has 1 unspecified atom stereocenters. The van der Waals surface area contributed by atoms with E-state index in [-0.39, 0.29) is 18.9 Å². The van der Waals surface area contributed by atoms with Crippen LogP contribution in [0.1, 0.15) is 22.5 Å². The van der Waals surface area contributed by atoms with Crippen molar-refractivity contribution in [2.45, 2.75) is 18.9 Å². The molecular formula is C12H14N2O6S. The summed E-state index contributed by atoms with van der Waals surface area (Å²) in [7, 11) is 0. The Morgan fingerprint density at radius 2 is 1.95 bits per heavy atom. The Bertz CT molecular complexity index is 528. The number of carboxylic acid groups (broad SMARTS) is 2. The summed E-state index contributed by atoms with van der Waals surface area (Å²) >= 11 is 1.26. The van der Waals surface area contributed by atoms with Crippen molar-refractivity contribution in [3.8, 4) is 0 Å². The molecule has 0 saturated carbocycles. The standard InChI is InChI=1S/C12H14N2O6S/c15-9(14-7(12(19)20)6-10(16)17)3-4-13-11(18)8-2-1-5-21-8/h1-2,5,7H,3-4,6H2,(H,13,18)(H,14,15)(H,16,17)(H,19,20). The van der Waals surface area contributed by atoms with Crippen molar-refractivity contribution in [2.24, 2.45) is 0 Å². The molecule has 21 heavy (non-hydrogen) atoms. The number of rotatable bonds is 8. The number of hydrogen-bond acceptors (Lipinski definition) is 5. The summed E-state index contributed by atoms with van der Waals surface area (Å²) in [6.45, 7) is 0.0297. The fraction of sp³-hybridized carbons (Fsp3) is 0.333. The topological polar surface area (TPSA) is 133 Å². The molecule has 8 nitrogen and oxygen atoms in total. The van der Waals surface area contributed by atoms with Gasteiger partial charge in [0.15, 0.2) is 0 Å². The van der Waals surface area contributed by atoms with Crippen molar-refractivity contribution in [3.63, 3.8) is 0 Å². The quantitative estimate of drug-likeness (QED) is 0.530. The third-order valence-corrected chi connectivity index (χ3v) is 3.26. The van der Waals surface area contributed by atoms with Gasteiger partial charge in [-0.1, -0.05) is 6.07 Å². The first-order valence-corrected chi connectivity index (χ1v) is 6.83. The predicted molar refractivity (Wildman–Crippen MR) is 73.1 cm³/mol. The molecule has 0 aliphatic rings. The maximum Gasteiger partial charge on any atom is 0.326 e. The zero-order valence-corrected chi connectivity index (χ0v) is 11.7. The van der Waals surface area contributed by atoms with Crippen LogP contribution in [0.3, 0.4) is 0 Å². The van der Waals surface area contributed by atoms with Gasteiger partial charge >= 0.3 is 11.9 Å². The molecule has 1 aromatic heterocycles. The zero-order chi connectivity index (χ0) is 15.8. The fourth-order valence-electron chi connectivity index (χ4n) is 1.43. The lowest BCUT2D eigenvalue weighted by Gasteiger charge is -2.12. The van der Waals surface area contributed by atoms with Crippen molar-refractivity contribution in [1.29, 1.82) is 0 Å². The fourth-order valence-corrected chi connectivity index (χ4v) is 2.07. The van der Waals surface area contributed by atoms with E-state index in [1.165, 1.54) is 11.3 Å². The van der Waals surface area contributed by atoms with Crippen LogP contribution in [0.5, 0.6) is 0 Å². The number of nitrogens with one attached hydrogen (secondary N) is 2. The van der Waals surface area contributed by atoms with E-state index in [0.29, 0.717) is 4.88 Å². The highest BCUT2D eigenvalue weighted by Gasteiger charge is 2.22. The van der Waals surface area contributed by atoms with E-state index < -0.39 is 30.3 Å². The van der Waals surface area contributed by atoms with Gasteiger partial charge in [-0.05, 0) is 11.4 Å². The number of amides is 2. The number of carbonyl (C=O) groups is 4. The van der Waals surface area contributed by atoms with Crippen LogP contribution in [0.4, 0.5) is 0 Å². The Morgan fingerprint density at radius 1 is 1.24 bits per heavy atom. The molecule has 0 aliphatic heterocycles. The first-order chi connectivity index (χ1) is 9.90. The molecule has 0 fully saturated rings. The number of hydrogen-bond donors (Lipinski definition) is 4. The second kappa shape index (κ2) is 8.00. The highest BCUT2D eigenvalue weighted by atomic mass is 32.1. The molecule has 2 amide bonds. The van der Waals surface area contributed by atoms with Crippen LogP contribution >= 0.6 is 11.3 Å². The highest BCUT2D eigenvalue weighted by molar-refractivity contribution is 7.12. The molecule has 0 bridgehead atoms. The molecule has 0 saturated heterocycles. The summed E-state index contributed by atoms with van der Waals surface area (Å²) in [5.41, 5.74) is 0. The van der Waals surface area contributed by atoms with E-state index in [1.807, 2.05) is 0 Å². The van der Waals surface area contributed by atoms with Gasteiger partial charge in [0.2, 0.25) is 5.91 Å². The molecule has 9 heteroatoms. The third kappa shape index (κ3) is 6.04. The summed E-state index contributed by atoms with van der Waals surface area (Å²) in [5, 5.41) is 23.6. The number of carboxylic acids is 2. The number of carbonyl (C=O) groups excluding carboxylic acids is 2. The van der Waals surface area contributed by atoms with Crippen LogP contribution in [-0.2, 0) is 14.4 Å². The minimum absolute atomic E-state index is 0.0297. The first kappa shape index (κ1) is 16.6. The van der Waals surface area contributed by atoms with Gasteiger partial charge in [0.1, 0.15) is 6.04 Å². The van der Waals surface area contributed by atoms with Crippen LogP contribution < -0.4 is 10.6 Å². The summed E-state index contributed by atoms with van der Waals surface area (Å²) in [5.74, 6) is -3.71. The Morgan fingerprint density at radius 3 is 2.48 bits per heavy atom. The van der Waals surface area contributed by atoms with Crippen LogP contribution in [0.25, 0.3) is 0 Å². The van der Waals surface area contributed by atoms with Gasteiger partial charge in [-0.3, -0.25) is 14.4 Å². The van der Waals surface area contributed by atoms with E-state index >= 15 is 0 Å². The summed E-state index contributed by atoms with van der Waals surface area (Å²) < 4.78 is 0. The molecule has 0 aromatic carbocycles. The van der Waals surface area contributed by atoms with Gasteiger partial charge in [0.25, 0.3) is 5.91 Å². The van der Waals surface area contributed by atoms with E-state index in [2.05, 4.69) is 10.6 Å². The molecule has 1 atom stereocenters. The predicted octanol–water partition coefficient (Wildman–Crippen LogP) is -0.0879. The van der Waals surface area contributed by atoms with Crippen LogP contribution in [0.2, 0.25) is 0 Å². The molecule has 114 valence electrons. The minimum Gasteiger partial charge on any atom is -0.481 e. The van der Waals surface area contributed by atoms with Gasteiger partial charge in [0.05, 0.1) is 11.3 Å². The maximum atomic E-state index is 11.6. The van der Waals surface area contributed by atoms with E-state index in [4.69, 9.17) is 10.2 Å². The smallest absolute Gasteiger partial charge is 0.326 e. The van der Waals surface area contributed by atoms with Crippen LogP contribution in [0.15, 0.2) is 17.5 Å². The normalized spacial score (nSPS) is 11.4. The summed E-state index contributed by atoms with van der Waals surface area (Å²) in [4.78, 5) is 44.8. The Kier molecular flexibility index (Phi) is 6.34. The lowest BCUT2D eigenvalue weighted by atomic mass is 10.2. The average Bonchev–Trinajstić information content (AvgIpc) is 2.91. The second-order valence-electron chi connectivity index (χ2n) is 4.04. The molecule has 4 N–H and O–H groups in total. The molecule has 1 aromatic rings. The Hall–Kier alpha value is -2.42. The van der Waals surface area contributed by atoms with E-state index in [0.717, 1.165) is 0 Å². The van der Waals surface area contributed by atoms with Gasteiger partial charge in [0, 0.05) is 13.0 Å². The molecule has 0 spiro atoms.